The first-order valence-electron chi connectivity index (χ1n) is 6.68. The van der Waals surface area contributed by atoms with Crippen LogP contribution in [0.15, 0.2) is 65.7 Å². The van der Waals surface area contributed by atoms with Crippen LogP contribution in [0.2, 0.25) is 0 Å². The molecular weight excluding hydrogens is 328 g/mol. The van der Waals surface area contributed by atoms with E-state index in [1.165, 1.54) is 5.56 Å². The summed E-state index contributed by atoms with van der Waals surface area (Å²) >= 11 is 3.39. The van der Waals surface area contributed by atoms with Crippen molar-refractivity contribution in [2.45, 2.75) is 12.5 Å². The molecule has 0 radical (unpaired) electrons. The van der Waals surface area contributed by atoms with Crippen LogP contribution < -0.4 is 5.73 Å². The summed E-state index contributed by atoms with van der Waals surface area (Å²) in [6, 6.07) is 14.0. The third kappa shape index (κ3) is 3.20. The van der Waals surface area contributed by atoms with Crippen molar-refractivity contribution < 1.29 is 0 Å². The highest BCUT2D eigenvalue weighted by Crippen LogP contribution is 2.19. The van der Waals surface area contributed by atoms with Gasteiger partial charge in [-0.25, -0.2) is 9.97 Å². The Bertz CT molecular complexity index is 707. The average Bonchev–Trinajstić information content (AvgIpc) is 2.98. The average molecular weight is 343 g/mol. The molecule has 0 amide bonds. The van der Waals surface area contributed by atoms with E-state index in [0.717, 1.165) is 22.4 Å². The van der Waals surface area contributed by atoms with Crippen molar-refractivity contribution in [1.29, 1.82) is 0 Å². The van der Waals surface area contributed by atoms with Gasteiger partial charge in [-0.3, -0.25) is 4.57 Å². The Balaban J connectivity index is 1.86. The molecule has 0 saturated heterocycles. The number of hydrogen-bond donors (Lipinski definition) is 1. The van der Waals surface area contributed by atoms with Crippen molar-refractivity contribution in [2.24, 2.45) is 5.73 Å². The molecule has 2 aromatic heterocycles. The number of benzene rings is 1. The number of nitrogens with zero attached hydrogens (tertiary/aromatic N) is 3. The maximum absolute atomic E-state index is 6.34. The molecule has 0 spiro atoms. The number of nitrogens with two attached hydrogens (primary N) is 1. The lowest BCUT2D eigenvalue weighted by Crippen LogP contribution is -2.17. The van der Waals surface area contributed by atoms with E-state index in [1.54, 1.807) is 18.7 Å². The molecule has 2 N–H and O–H groups in total. The standard InChI is InChI=1S/C16H15BrN4/c17-13-6-7-16(20-9-13)21-11-19-10-15(21)14(18)8-12-4-2-1-3-5-12/h1-7,9-11,14H,8,18H2/t14-/m1/s1. The van der Waals surface area contributed by atoms with Gasteiger partial charge in [0, 0.05) is 10.7 Å². The van der Waals surface area contributed by atoms with Crippen LogP contribution in [0.1, 0.15) is 17.3 Å². The SMILES string of the molecule is N[C@H](Cc1ccccc1)c1cncn1-c1ccc(Br)cn1. The summed E-state index contributed by atoms with van der Waals surface area (Å²) in [5, 5.41) is 0. The number of imidazole rings is 1. The Kier molecular flexibility index (Phi) is 4.13. The number of aromatic nitrogens is 3. The van der Waals surface area contributed by atoms with E-state index >= 15 is 0 Å². The number of pyridine rings is 1. The highest BCUT2D eigenvalue weighted by atomic mass is 79.9. The van der Waals surface area contributed by atoms with Gasteiger partial charge in [-0.15, -0.1) is 0 Å². The Labute approximate surface area is 131 Å². The van der Waals surface area contributed by atoms with Crippen LogP contribution in [-0.4, -0.2) is 14.5 Å². The molecule has 0 aliphatic heterocycles. The summed E-state index contributed by atoms with van der Waals surface area (Å²) in [4.78, 5) is 8.61. The maximum Gasteiger partial charge on any atom is 0.138 e. The molecule has 1 atom stereocenters. The molecule has 3 rings (SSSR count). The van der Waals surface area contributed by atoms with Gasteiger partial charge in [0.05, 0.1) is 17.9 Å². The molecule has 3 aromatic rings. The minimum Gasteiger partial charge on any atom is -0.322 e. The fraction of sp³-hybridized carbons (Fsp3) is 0.125. The first kappa shape index (κ1) is 14.0. The van der Waals surface area contributed by atoms with Crippen molar-refractivity contribution in [3.05, 3.63) is 76.9 Å². The highest BCUT2D eigenvalue weighted by Gasteiger charge is 2.14. The summed E-state index contributed by atoms with van der Waals surface area (Å²) in [7, 11) is 0. The second-order valence-electron chi connectivity index (χ2n) is 4.82. The monoisotopic (exact) mass is 342 g/mol. The molecule has 0 unspecified atom stereocenters. The Morgan fingerprint density at radius 3 is 2.62 bits per heavy atom. The number of rotatable bonds is 4. The normalized spacial score (nSPS) is 12.3. The van der Waals surface area contributed by atoms with E-state index in [4.69, 9.17) is 5.73 Å². The molecule has 0 aliphatic carbocycles. The van der Waals surface area contributed by atoms with Gasteiger partial charge in [-0.1, -0.05) is 30.3 Å². The van der Waals surface area contributed by atoms with Crippen LogP contribution in [-0.2, 0) is 6.42 Å². The van der Waals surface area contributed by atoms with Gasteiger partial charge >= 0.3 is 0 Å². The molecule has 0 saturated carbocycles. The molecule has 5 heteroatoms. The van der Waals surface area contributed by atoms with Crippen molar-refractivity contribution in [3.63, 3.8) is 0 Å². The van der Waals surface area contributed by atoms with E-state index in [9.17, 15) is 0 Å². The van der Waals surface area contributed by atoms with Crippen molar-refractivity contribution >= 4 is 15.9 Å². The fourth-order valence-corrected chi connectivity index (χ4v) is 2.49. The van der Waals surface area contributed by atoms with Gasteiger partial charge in [0.25, 0.3) is 0 Å². The minimum absolute atomic E-state index is 0.125. The van der Waals surface area contributed by atoms with Crippen molar-refractivity contribution in [1.82, 2.24) is 14.5 Å². The first-order valence-corrected chi connectivity index (χ1v) is 7.47. The second-order valence-corrected chi connectivity index (χ2v) is 5.74. The Morgan fingerprint density at radius 1 is 1.10 bits per heavy atom. The molecule has 0 bridgehead atoms. The van der Waals surface area contributed by atoms with E-state index in [0.29, 0.717) is 0 Å². The van der Waals surface area contributed by atoms with E-state index in [1.807, 2.05) is 34.9 Å². The molecular formula is C16H15BrN4. The smallest absolute Gasteiger partial charge is 0.138 e. The molecule has 1 aromatic carbocycles. The fourth-order valence-electron chi connectivity index (χ4n) is 2.25. The predicted molar refractivity (Wildman–Crippen MR) is 86.1 cm³/mol. The van der Waals surface area contributed by atoms with Gasteiger partial charge < -0.3 is 5.73 Å². The summed E-state index contributed by atoms with van der Waals surface area (Å²) < 4.78 is 2.88. The zero-order valence-electron chi connectivity index (χ0n) is 11.4. The van der Waals surface area contributed by atoms with Crippen LogP contribution in [0.3, 0.4) is 0 Å². The first-order chi connectivity index (χ1) is 10.2. The van der Waals surface area contributed by atoms with E-state index in [-0.39, 0.29) is 6.04 Å². The predicted octanol–water partition coefficient (Wildman–Crippen LogP) is 3.27. The van der Waals surface area contributed by atoms with Gasteiger partial charge in [-0.05, 0) is 40.0 Å². The number of hydrogen-bond acceptors (Lipinski definition) is 3. The lowest BCUT2D eigenvalue weighted by molar-refractivity contribution is 0.675. The Hall–Kier alpha value is -1.98. The van der Waals surface area contributed by atoms with E-state index < -0.39 is 0 Å². The summed E-state index contributed by atoms with van der Waals surface area (Å²) in [6.45, 7) is 0. The van der Waals surface area contributed by atoms with Crippen molar-refractivity contribution in [2.75, 3.05) is 0 Å². The quantitative estimate of drug-likeness (QED) is 0.791. The lowest BCUT2D eigenvalue weighted by Gasteiger charge is -2.14. The molecule has 0 fully saturated rings. The van der Waals surface area contributed by atoms with Gasteiger partial charge in [-0.2, -0.15) is 0 Å². The summed E-state index contributed by atoms with van der Waals surface area (Å²) in [6.07, 6.45) is 6.08. The van der Waals surface area contributed by atoms with Gasteiger partial charge in [0.2, 0.25) is 0 Å². The third-order valence-electron chi connectivity index (χ3n) is 3.30. The molecule has 4 nitrogen and oxygen atoms in total. The van der Waals surface area contributed by atoms with Gasteiger partial charge in [0.1, 0.15) is 12.1 Å². The third-order valence-corrected chi connectivity index (χ3v) is 3.77. The van der Waals surface area contributed by atoms with Crippen LogP contribution in [0.4, 0.5) is 0 Å². The summed E-state index contributed by atoms with van der Waals surface area (Å²) in [5.41, 5.74) is 8.50. The number of halogens is 1. The molecule has 0 aliphatic rings. The van der Waals surface area contributed by atoms with E-state index in [2.05, 4.69) is 38.0 Å². The van der Waals surface area contributed by atoms with Crippen LogP contribution in [0, 0.1) is 0 Å². The highest BCUT2D eigenvalue weighted by molar-refractivity contribution is 9.10. The van der Waals surface area contributed by atoms with Crippen LogP contribution in [0.5, 0.6) is 0 Å². The molecule has 2 heterocycles. The minimum atomic E-state index is -0.125. The zero-order chi connectivity index (χ0) is 14.7. The Morgan fingerprint density at radius 2 is 1.90 bits per heavy atom. The summed E-state index contributed by atoms with van der Waals surface area (Å²) in [5.74, 6) is 0.814. The van der Waals surface area contributed by atoms with Crippen LogP contribution >= 0.6 is 15.9 Å². The van der Waals surface area contributed by atoms with Gasteiger partial charge in [0.15, 0.2) is 0 Å². The zero-order valence-corrected chi connectivity index (χ0v) is 12.9. The van der Waals surface area contributed by atoms with Crippen molar-refractivity contribution in [3.8, 4) is 5.82 Å². The second kappa shape index (κ2) is 6.20. The molecule has 106 valence electrons. The lowest BCUT2D eigenvalue weighted by atomic mass is 10.0. The molecule has 21 heavy (non-hydrogen) atoms. The largest absolute Gasteiger partial charge is 0.322 e. The van der Waals surface area contributed by atoms with Crippen LogP contribution in [0.25, 0.3) is 5.82 Å². The topological polar surface area (TPSA) is 56.7 Å². The maximum atomic E-state index is 6.34.